The van der Waals surface area contributed by atoms with Crippen LogP contribution >= 0.6 is 12.4 Å². The molecule has 12 heavy (non-hydrogen) atoms. The minimum atomic E-state index is -0.477. The number of nitrogens with two attached hydrogens (primary N) is 1. The van der Waals surface area contributed by atoms with Crippen LogP contribution in [0.1, 0.15) is 15.9 Å². The van der Waals surface area contributed by atoms with Gasteiger partial charge in [0, 0.05) is 5.56 Å². The summed E-state index contributed by atoms with van der Waals surface area (Å²) in [5.74, 6) is -0.477. The smallest absolute Gasteiger partial charge is 0.248 e. The van der Waals surface area contributed by atoms with Gasteiger partial charge in [0.25, 0.3) is 0 Å². The number of hydrogen-bond donors (Lipinski definition) is 1. The molecule has 0 spiro atoms. The lowest BCUT2D eigenvalue weighted by atomic mass is 10.1. The van der Waals surface area contributed by atoms with Gasteiger partial charge >= 0.3 is 0 Å². The first-order valence-corrected chi connectivity index (χ1v) is 3.04. The Labute approximate surface area is 76.2 Å². The second-order valence-corrected chi connectivity index (χ2v) is 2.05. The Balaban J connectivity index is 0.00000121. The third kappa shape index (κ3) is 2.26. The van der Waals surface area contributed by atoms with E-state index in [-0.39, 0.29) is 12.4 Å². The Hall–Kier alpha value is -1.53. The highest BCUT2D eigenvalue weighted by molar-refractivity contribution is 5.92. The van der Waals surface area contributed by atoms with Crippen LogP contribution in [0.2, 0.25) is 0 Å². The highest BCUT2D eigenvalue weighted by atomic mass is 35.5. The van der Waals surface area contributed by atoms with Crippen molar-refractivity contribution in [3.8, 4) is 6.07 Å². The van der Waals surface area contributed by atoms with Crippen LogP contribution in [0.25, 0.3) is 0 Å². The van der Waals surface area contributed by atoms with Gasteiger partial charge in [-0.2, -0.15) is 5.26 Å². The van der Waals surface area contributed by atoms with Gasteiger partial charge in [0.05, 0.1) is 11.6 Å². The highest BCUT2D eigenvalue weighted by Gasteiger charge is 1.97. The van der Waals surface area contributed by atoms with Crippen molar-refractivity contribution >= 4 is 18.3 Å². The van der Waals surface area contributed by atoms with E-state index in [1.807, 2.05) is 6.07 Å². The molecule has 0 aromatic heterocycles. The zero-order valence-electron chi connectivity index (χ0n) is 6.15. The molecule has 0 fully saturated rings. The zero-order valence-corrected chi connectivity index (χ0v) is 6.97. The summed E-state index contributed by atoms with van der Waals surface area (Å²) in [5, 5.41) is 8.40. The Morgan fingerprint density at radius 2 is 1.83 bits per heavy atom. The van der Waals surface area contributed by atoms with Gasteiger partial charge in [-0.25, -0.2) is 0 Å². The monoisotopic (exact) mass is 182 g/mol. The van der Waals surface area contributed by atoms with Crippen LogP contribution < -0.4 is 5.73 Å². The van der Waals surface area contributed by atoms with Gasteiger partial charge in [0.2, 0.25) is 5.91 Å². The van der Waals surface area contributed by atoms with E-state index >= 15 is 0 Å². The maximum absolute atomic E-state index is 10.5. The molecule has 62 valence electrons. The van der Waals surface area contributed by atoms with Gasteiger partial charge in [-0.05, 0) is 24.3 Å². The SMILES string of the molecule is Cl.N#Cc1ccc(C(N)=O)cc1. The van der Waals surface area contributed by atoms with Crippen LogP contribution in [0.4, 0.5) is 0 Å². The first-order chi connectivity index (χ1) is 5.24. The van der Waals surface area contributed by atoms with E-state index in [1.165, 1.54) is 12.1 Å². The normalized spacial score (nSPS) is 7.92. The Bertz CT molecular complexity index is 313. The van der Waals surface area contributed by atoms with Gasteiger partial charge in [0.15, 0.2) is 0 Å². The van der Waals surface area contributed by atoms with Gasteiger partial charge < -0.3 is 5.73 Å². The van der Waals surface area contributed by atoms with Gasteiger partial charge in [0.1, 0.15) is 0 Å². The van der Waals surface area contributed by atoms with E-state index in [4.69, 9.17) is 11.0 Å². The quantitative estimate of drug-likeness (QED) is 0.706. The number of rotatable bonds is 1. The Morgan fingerprint density at radius 1 is 1.33 bits per heavy atom. The maximum atomic E-state index is 10.5. The van der Waals surface area contributed by atoms with Crippen molar-refractivity contribution in [2.24, 2.45) is 5.73 Å². The Kier molecular flexibility index (Phi) is 3.81. The second-order valence-electron chi connectivity index (χ2n) is 2.05. The number of amides is 1. The van der Waals surface area contributed by atoms with Crippen LogP contribution in [-0.4, -0.2) is 5.91 Å². The lowest BCUT2D eigenvalue weighted by Gasteiger charge is -1.92. The molecule has 0 unspecified atom stereocenters. The summed E-state index contributed by atoms with van der Waals surface area (Å²) in [6.45, 7) is 0. The maximum Gasteiger partial charge on any atom is 0.248 e. The number of nitriles is 1. The third-order valence-electron chi connectivity index (χ3n) is 1.30. The van der Waals surface area contributed by atoms with Crippen molar-refractivity contribution in [3.05, 3.63) is 35.4 Å². The molecule has 3 nitrogen and oxygen atoms in total. The van der Waals surface area contributed by atoms with Gasteiger partial charge in [-0.1, -0.05) is 0 Å². The van der Waals surface area contributed by atoms with Crippen LogP contribution in [0.15, 0.2) is 24.3 Å². The summed E-state index contributed by atoms with van der Waals surface area (Å²) in [4.78, 5) is 10.5. The zero-order chi connectivity index (χ0) is 8.27. The number of halogens is 1. The molecule has 0 radical (unpaired) electrons. The number of carbonyl (C=O) groups excluding carboxylic acids is 1. The summed E-state index contributed by atoms with van der Waals surface area (Å²) in [6.07, 6.45) is 0. The lowest BCUT2D eigenvalue weighted by Crippen LogP contribution is -2.10. The minimum Gasteiger partial charge on any atom is -0.366 e. The van der Waals surface area contributed by atoms with E-state index in [0.717, 1.165) is 0 Å². The topological polar surface area (TPSA) is 66.9 Å². The number of primary amides is 1. The van der Waals surface area contributed by atoms with E-state index in [9.17, 15) is 4.79 Å². The molecule has 0 saturated heterocycles. The predicted octanol–water partition coefficient (Wildman–Crippen LogP) is 1.08. The van der Waals surface area contributed by atoms with Gasteiger partial charge in [-0.15, -0.1) is 12.4 Å². The van der Waals surface area contributed by atoms with Crippen molar-refractivity contribution in [1.82, 2.24) is 0 Å². The molecule has 0 heterocycles. The molecule has 0 saturated carbocycles. The number of nitrogens with zero attached hydrogens (tertiary/aromatic N) is 1. The summed E-state index contributed by atoms with van der Waals surface area (Å²) >= 11 is 0. The second kappa shape index (κ2) is 4.37. The molecule has 1 rings (SSSR count). The molecule has 0 aliphatic heterocycles. The molecule has 2 N–H and O–H groups in total. The summed E-state index contributed by atoms with van der Waals surface area (Å²) < 4.78 is 0. The number of benzene rings is 1. The van der Waals surface area contributed by atoms with Crippen LogP contribution in [-0.2, 0) is 0 Å². The molecular formula is C8H7ClN2O. The first-order valence-electron chi connectivity index (χ1n) is 3.04. The summed E-state index contributed by atoms with van der Waals surface area (Å²) in [6, 6.07) is 8.11. The van der Waals surface area contributed by atoms with Gasteiger partial charge in [-0.3, -0.25) is 4.79 Å². The molecule has 1 aromatic rings. The summed E-state index contributed by atoms with van der Waals surface area (Å²) in [7, 11) is 0. The fraction of sp³-hybridized carbons (Fsp3) is 0. The van der Waals surface area contributed by atoms with Crippen molar-refractivity contribution in [1.29, 1.82) is 5.26 Å². The molecule has 0 bridgehead atoms. The molecular weight excluding hydrogens is 176 g/mol. The molecule has 0 atom stereocenters. The van der Waals surface area contributed by atoms with Crippen molar-refractivity contribution in [2.45, 2.75) is 0 Å². The van der Waals surface area contributed by atoms with Crippen LogP contribution in [0.3, 0.4) is 0 Å². The largest absolute Gasteiger partial charge is 0.366 e. The lowest BCUT2D eigenvalue weighted by molar-refractivity contribution is 0.100. The molecule has 1 amide bonds. The Morgan fingerprint density at radius 3 is 2.17 bits per heavy atom. The standard InChI is InChI=1S/C8H6N2O.ClH/c9-5-6-1-3-7(4-2-6)8(10)11;/h1-4H,(H2,10,11);1H. The molecule has 0 aliphatic carbocycles. The van der Waals surface area contributed by atoms with E-state index in [2.05, 4.69) is 0 Å². The highest BCUT2D eigenvalue weighted by Crippen LogP contribution is 2.01. The average molecular weight is 183 g/mol. The molecule has 4 heteroatoms. The third-order valence-corrected chi connectivity index (χ3v) is 1.30. The van der Waals surface area contributed by atoms with Crippen molar-refractivity contribution in [3.63, 3.8) is 0 Å². The minimum absolute atomic E-state index is 0. The van der Waals surface area contributed by atoms with E-state index in [1.54, 1.807) is 12.1 Å². The van der Waals surface area contributed by atoms with Crippen LogP contribution in [0, 0.1) is 11.3 Å². The summed E-state index contributed by atoms with van der Waals surface area (Å²) in [5.41, 5.74) is 5.93. The van der Waals surface area contributed by atoms with E-state index in [0.29, 0.717) is 11.1 Å². The first kappa shape index (κ1) is 10.5. The average Bonchev–Trinajstić information content (AvgIpc) is 2.05. The fourth-order valence-corrected chi connectivity index (χ4v) is 0.709. The molecule has 1 aromatic carbocycles. The number of carbonyl (C=O) groups is 1. The predicted molar refractivity (Wildman–Crippen MR) is 46.9 cm³/mol. The van der Waals surface area contributed by atoms with E-state index < -0.39 is 5.91 Å². The molecule has 0 aliphatic rings. The fourth-order valence-electron chi connectivity index (χ4n) is 0.709. The van der Waals surface area contributed by atoms with Crippen molar-refractivity contribution < 1.29 is 4.79 Å². The number of hydrogen-bond acceptors (Lipinski definition) is 2. The van der Waals surface area contributed by atoms with Crippen molar-refractivity contribution in [2.75, 3.05) is 0 Å². The van der Waals surface area contributed by atoms with Crippen LogP contribution in [0.5, 0.6) is 0 Å².